The van der Waals surface area contributed by atoms with Gasteiger partial charge in [-0.1, -0.05) is 0 Å². The third-order valence-electron chi connectivity index (χ3n) is 2.68. The van der Waals surface area contributed by atoms with Crippen molar-refractivity contribution in [2.75, 3.05) is 0 Å². The highest BCUT2D eigenvalue weighted by Crippen LogP contribution is 2.19. The van der Waals surface area contributed by atoms with Gasteiger partial charge in [0, 0.05) is 18.6 Å². The summed E-state index contributed by atoms with van der Waals surface area (Å²) in [4.78, 5) is 18.9. The SMILES string of the molecule is O=Cc1cnc2cc(-c3ccncc3)ccn12. The molecule has 0 aromatic carbocycles. The van der Waals surface area contributed by atoms with E-state index in [0.29, 0.717) is 5.69 Å². The van der Waals surface area contributed by atoms with E-state index in [0.717, 1.165) is 23.1 Å². The van der Waals surface area contributed by atoms with Crippen molar-refractivity contribution in [3.63, 3.8) is 0 Å². The fraction of sp³-hybridized carbons (Fsp3) is 0. The summed E-state index contributed by atoms with van der Waals surface area (Å²) in [6.07, 6.45) is 7.72. The molecule has 0 unspecified atom stereocenters. The lowest BCUT2D eigenvalue weighted by Gasteiger charge is -2.02. The molecule has 0 aliphatic heterocycles. The molecule has 0 aliphatic carbocycles. The number of hydrogen-bond acceptors (Lipinski definition) is 3. The van der Waals surface area contributed by atoms with Gasteiger partial charge in [0.2, 0.25) is 0 Å². The third kappa shape index (κ3) is 1.59. The molecule has 0 fully saturated rings. The molecule has 0 spiro atoms. The Balaban J connectivity index is 2.18. The molecule has 0 saturated carbocycles. The highest BCUT2D eigenvalue weighted by molar-refractivity contribution is 5.75. The van der Waals surface area contributed by atoms with Crippen LogP contribution in [-0.4, -0.2) is 20.7 Å². The third-order valence-corrected chi connectivity index (χ3v) is 2.68. The quantitative estimate of drug-likeness (QED) is 0.626. The Morgan fingerprint density at radius 3 is 2.71 bits per heavy atom. The topological polar surface area (TPSA) is 47.3 Å². The molecular weight excluding hydrogens is 214 g/mol. The summed E-state index contributed by atoms with van der Waals surface area (Å²) in [6, 6.07) is 7.78. The minimum Gasteiger partial charge on any atom is -0.297 e. The fourth-order valence-corrected chi connectivity index (χ4v) is 1.81. The zero-order valence-corrected chi connectivity index (χ0v) is 8.95. The molecule has 0 bridgehead atoms. The van der Waals surface area contributed by atoms with Crippen molar-refractivity contribution >= 4 is 11.9 Å². The molecule has 0 amide bonds. The van der Waals surface area contributed by atoms with Gasteiger partial charge < -0.3 is 0 Å². The van der Waals surface area contributed by atoms with E-state index >= 15 is 0 Å². The van der Waals surface area contributed by atoms with E-state index in [1.165, 1.54) is 0 Å². The molecule has 0 saturated heterocycles. The first-order valence-electron chi connectivity index (χ1n) is 5.21. The molecule has 0 atom stereocenters. The highest BCUT2D eigenvalue weighted by Gasteiger charge is 2.03. The normalized spacial score (nSPS) is 10.6. The average Bonchev–Trinajstić information content (AvgIpc) is 2.81. The Kier molecular flexibility index (Phi) is 2.19. The van der Waals surface area contributed by atoms with Gasteiger partial charge in [0.05, 0.1) is 6.20 Å². The minimum absolute atomic E-state index is 0.557. The zero-order chi connectivity index (χ0) is 11.7. The first-order valence-corrected chi connectivity index (χ1v) is 5.21. The van der Waals surface area contributed by atoms with Gasteiger partial charge in [0.15, 0.2) is 6.29 Å². The van der Waals surface area contributed by atoms with Crippen LogP contribution in [-0.2, 0) is 0 Å². The number of hydrogen-bond donors (Lipinski definition) is 0. The maximum Gasteiger partial charge on any atom is 0.168 e. The Morgan fingerprint density at radius 1 is 1.12 bits per heavy atom. The predicted molar refractivity (Wildman–Crippen MR) is 63.8 cm³/mol. The molecule has 3 heterocycles. The number of carbonyl (C=O) groups is 1. The summed E-state index contributed by atoms with van der Waals surface area (Å²) in [5, 5.41) is 0. The molecule has 82 valence electrons. The summed E-state index contributed by atoms with van der Waals surface area (Å²) in [5.74, 6) is 0. The molecule has 3 aromatic heterocycles. The van der Waals surface area contributed by atoms with Crippen molar-refractivity contribution in [2.24, 2.45) is 0 Å². The second kappa shape index (κ2) is 3.83. The number of pyridine rings is 2. The van der Waals surface area contributed by atoms with Crippen LogP contribution in [0.25, 0.3) is 16.8 Å². The Morgan fingerprint density at radius 2 is 1.94 bits per heavy atom. The number of imidazole rings is 1. The van der Waals surface area contributed by atoms with E-state index in [9.17, 15) is 4.79 Å². The van der Waals surface area contributed by atoms with E-state index in [-0.39, 0.29) is 0 Å². The van der Waals surface area contributed by atoms with Gasteiger partial charge in [-0.3, -0.25) is 14.2 Å². The van der Waals surface area contributed by atoms with Crippen LogP contribution < -0.4 is 0 Å². The zero-order valence-electron chi connectivity index (χ0n) is 8.95. The minimum atomic E-state index is 0.557. The lowest BCUT2D eigenvalue weighted by atomic mass is 10.1. The van der Waals surface area contributed by atoms with Crippen LogP contribution >= 0.6 is 0 Å². The average molecular weight is 223 g/mol. The molecular formula is C13H9N3O. The van der Waals surface area contributed by atoms with Crippen molar-refractivity contribution in [1.82, 2.24) is 14.4 Å². The largest absolute Gasteiger partial charge is 0.297 e. The number of fused-ring (bicyclic) bond motifs is 1. The standard InChI is InChI=1S/C13H9N3O/c17-9-12-8-15-13-7-11(3-6-16(12)13)10-1-4-14-5-2-10/h1-9H. The van der Waals surface area contributed by atoms with Gasteiger partial charge in [-0.25, -0.2) is 4.98 Å². The van der Waals surface area contributed by atoms with Crippen molar-refractivity contribution < 1.29 is 4.79 Å². The summed E-state index contributed by atoms with van der Waals surface area (Å²) in [6.45, 7) is 0. The van der Waals surface area contributed by atoms with Gasteiger partial charge in [0.25, 0.3) is 0 Å². The van der Waals surface area contributed by atoms with Gasteiger partial charge in [-0.2, -0.15) is 0 Å². The van der Waals surface area contributed by atoms with Crippen molar-refractivity contribution in [2.45, 2.75) is 0 Å². The Labute approximate surface area is 97.6 Å². The first kappa shape index (κ1) is 9.72. The van der Waals surface area contributed by atoms with Crippen LogP contribution in [0.5, 0.6) is 0 Å². The summed E-state index contributed by atoms with van der Waals surface area (Å²) in [7, 11) is 0. The van der Waals surface area contributed by atoms with E-state index in [2.05, 4.69) is 9.97 Å². The first-order chi connectivity index (χ1) is 8.38. The van der Waals surface area contributed by atoms with Gasteiger partial charge in [0.1, 0.15) is 11.3 Å². The van der Waals surface area contributed by atoms with Crippen molar-refractivity contribution in [1.29, 1.82) is 0 Å². The van der Waals surface area contributed by atoms with Crippen LogP contribution in [0.3, 0.4) is 0 Å². The van der Waals surface area contributed by atoms with Crippen LogP contribution in [0.4, 0.5) is 0 Å². The summed E-state index contributed by atoms with van der Waals surface area (Å²) in [5.41, 5.74) is 3.46. The lowest BCUT2D eigenvalue weighted by Crippen LogP contribution is -1.90. The fourth-order valence-electron chi connectivity index (χ4n) is 1.81. The molecule has 17 heavy (non-hydrogen) atoms. The van der Waals surface area contributed by atoms with Crippen molar-refractivity contribution in [3.05, 3.63) is 54.7 Å². The maximum atomic E-state index is 10.8. The molecule has 0 radical (unpaired) electrons. The van der Waals surface area contributed by atoms with E-state index in [1.54, 1.807) is 23.0 Å². The number of rotatable bonds is 2. The van der Waals surface area contributed by atoms with E-state index in [1.807, 2.05) is 30.5 Å². The molecule has 4 heteroatoms. The number of aromatic nitrogens is 3. The summed E-state index contributed by atoms with van der Waals surface area (Å²) < 4.78 is 1.76. The number of aldehydes is 1. The van der Waals surface area contributed by atoms with E-state index < -0.39 is 0 Å². The monoisotopic (exact) mass is 223 g/mol. The van der Waals surface area contributed by atoms with E-state index in [4.69, 9.17) is 0 Å². The smallest absolute Gasteiger partial charge is 0.168 e. The van der Waals surface area contributed by atoms with Gasteiger partial charge >= 0.3 is 0 Å². The molecule has 0 N–H and O–H groups in total. The van der Waals surface area contributed by atoms with Crippen LogP contribution in [0.2, 0.25) is 0 Å². The van der Waals surface area contributed by atoms with Crippen LogP contribution in [0.1, 0.15) is 10.5 Å². The Hall–Kier alpha value is -2.49. The van der Waals surface area contributed by atoms with Crippen LogP contribution in [0.15, 0.2) is 49.1 Å². The second-order valence-corrected chi connectivity index (χ2v) is 3.68. The Bertz CT molecular complexity index is 673. The predicted octanol–water partition coefficient (Wildman–Crippen LogP) is 2.21. The molecule has 3 rings (SSSR count). The summed E-state index contributed by atoms with van der Waals surface area (Å²) >= 11 is 0. The van der Waals surface area contributed by atoms with Gasteiger partial charge in [-0.05, 0) is 35.4 Å². The lowest BCUT2D eigenvalue weighted by molar-refractivity contribution is 0.111. The molecule has 0 aliphatic rings. The van der Waals surface area contributed by atoms with Crippen molar-refractivity contribution in [3.8, 4) is 11.1 Å². The van der Waals surface area contributed by atoms with Crippen LogP contribution in [0, 0.1) is 0 Å². The van der Waals surface area contributed by atoms with Gasteiger partial charge in [-0.15, -0.1) is 0 Å². The number of carbonyl (C=O) groups excluding carboxylic acids is 1. The number of nitrogens with zero attached hydrogens (tertiary/aromatic N) is 3. The maximum absolute atomic E-state index is 10.8. The molecule has 3 aromatic rings. The second-order valence-electron chi connectivity index (χ2n) is 3.68. The molecule has 4 nitrogen and oxygen atoms in total. The highest BCUT2D eigenvalue weighted by atomic mass is 16.1.